The molecule has 0 amide bonds. The quantitative estimate of drug-likeness (QED) is 0.248. The molecule has 5 rings (SSSR count). The van der Waals surface area contributed by atoms with Gasteiger partial charge in [-0.1, -0.05) is 24.3 Å². The number of aromatic nitrogens is 2. The summed E-state index contributed by atoms with van der Waals surface area (Å²) in [7, 11) is 0. The standard InChI is InChI=1S/C27H26N2O10S/c1-12(30)35-10-18-22(36-13(2)31)23(37-14(3)32)24(38-15(4)33)27(39-18)29-11-28-25-21(26(29)34)20-17-8-6-5-7-16(17)9-19(20)40-25/h5-8,11,18,22-24,27H,9-10H2,1-4H3/t18-,22-,23+,24-,27-/m1/s1. The molecular formula is C27H26N2O10S. The summed E-state index contributed by atoms with van der Waals surface area (Å²) >= 11 is 1.42. The third kappa shape index (κ3) is 5.09. The Morgan fingerprint density at radius 1 is 0.950 bits per heavy atom. The minimum Gasteiger partial charge on any atom is -0.463 e. The lowest BCUT2D eigenvalue weighted by atomic mass is 9.97. The molecule has 0 unspecified atom stereocenters. The van der Waals surface area contributed by atoms with Gasteiger partial charge in [0.2, 0.25) is 0 Å². The molecule has 1 saturated heterocycles. The second-order valence-corrected chi connectivity index (χ2v) is 10.5. The number of fused-ring (bicyclic) bond motifs is 5. The molecule has 3 aromatic rings. The van der Waals surface area contributed by atoms with Crippen molar-refractivity contribution in [1.82, 2.24) is 9.55 Å². The minimum atomic E-state index is -1.42. The van der Waals surface area contributed by atoms with Crippen molar-refractivity contribution in [3.63, 3.8) is 0 Å². The number of carbonyl (C=O) groups is 4. The SMILES string of the molecule is CC(=O)OC[C@H]1O[C@@H](n2cnc3sc4c(c3c2=O)-c2ccccc2C4)[C@H](OC(C)=O)[C@@H](OC(C)=O)[C@@H]1OC(C)=O. The zero-order chi connectivity index (χ0) is 28.7. The number of ether oxygens (including phenoxy) is 5. The van der Waals surface area contributed by atoms with Crippen LogP contribution in [0, 0.1) is 0 Å². The number of benzene rings is 1. The smallest absolute Gasteiger partial charge is 0.303 e. The van der Waals surface area contributed by atoms with E-state index in [0.29, 0.717) is 16.6 Å². The van der Waals surface area contributed by atoms with Crippen LogP contribution < -0.4 is 5.56 Å². The molecular weight excluding hydrogens is 544 g/mol. The fourth-order valence-electron chi connectivity index (χ4n) is 5.16. The zero-order valence-electron chi connectivity index (χ0n) is 22.1. The van der Waals surface area contributed by atoms with Crippen LogP contribution in [0.3, 0.4) is 0 Å². The number of rotatable bonds is 6. The van der Waals surface area contributed by atoms with E-state index in [-0.39, 0.29) is 0 Å². The number of nitrogens with zero attached hydrogens (tertiary/aromatic N) is 2. The van der Waals surface area contributed by atoms with Crippen LogP contribution in [0.25, 0.3) is 21.3 Å². The van der Waals surface area contributed by atoms with Gasteiger partial charge in [0.1, 0.15) is 23.9 Å². The largest absolute Gasteiger partial charge is 0.463 e. The van der Waals surface area contributed by atoms with Gasteiger partial charge in [-0.3, -0.25) is 28.5 Å². The van der Waals surface area contributed by atoms with Gasteiger partial charge in [0.25, 0.3) is 5.56 Å². The van der Waals surface area contributed by atoms with Gasteiger partial charge in [-0.2, -0.15) is 0 Å². The molecule has 2 aliphatic rings. The third-order valence-electron chi connectivity index (χ3n) is 6.59. The van der Waals surface area contributed by atoms with Gasteiger partial charge in [-0.15, -0.1) is 11.3 Å². The van der Waals surface area contributed by atoms with Gasteiger partial charge in [0, 0.05) is 44.6 Å². The summed E-state index contributed by atoms with van der Waals surface area (Å²) in [5.41, 5.74) is 2.34. The summed E-state index contributed by atoms with van der Waals surface area (Å²) in [4.78, 5) is 68.0. The van der Waals surface area contributed by atoms with Crippen molar-refractivity contribution < 1.29 is 42.9 Å². The summed E-state index contributed by atoms with van der Waals surface area (Å²) in [6.45, 7) is 4.19. The molecule has 1 fully saturated rings. The van der Waals surface area contributed by atoms with Gasteiger partial charge in [0.05, 0.1) is 5.39 Å². The summed E-state index contributed by atoms with van der Waals surface area (Å²) in [6, 6.07) is 7.78. The Morgan fingerprint density at radius 2 is 1.60 bits per heavy atom. The molecule has 0 spiro atoms. The normalized spacial score (nSPS) is 23.1. The van der Waals surface area contributed by atoms with Gasteiger partial charge in [-0.25, -0.2) is 4.98 Å². The molecule has 5 atom stereocenters. The number of thiophene rings is 1. The van der Waals surface area contributed by atoms with Crippen LogP contribution in [-0.4, -0.2) is 64.5 Å². The van der Waals surface area contributed by atoms with E-state index in [4.69, 9.17) is 23.7 Å². The number of hydrogen-bond donors (Lipinski definition) is 0. The first-order valence-corrected chi connectivity index (χ1v) is 13.3. The van der Waals surface area contributed by atoms with Crippen molar-refractivity contribution in [1.29, 1.82) is 0 Å². The van der Waals surface area contributed by atoms with Crippen LogP contribution in [0.15, 0.2) is 35.4 Å². The number of hydrogen-bond acceptors (Lipinski definition) is 12. The Kier molecular flexibility index (Phi) is 7.43. The molecule has 0 radical (unpaired) electrons. The molecule has 1 aliphatic carbocycles. The predicted octanol–water partition coefficient (Wildman–Crippen LogP) is 2.28. The summed E-state index contributed by atoms with van der Waals surface area (Å²) in [5, 5.41) is 0.375. The Morgan fingerprint density at radius 3 is 2.27 bits per heavy atom. The van der Waals surface area contributed by atoms with Crippen LogP contribution in [0.5, 0.6) is 0 Å². The van der Waals surface area contributed by atoms with Gasteiger partial charge >= 0.3 is 23.9 Å². The molecule has 210 valence electrons. The van der Waals surface area contributed by atoms with E-state index in [1.54, 1.807) is 0 Å². The maximum absolute atomic E-state index is 14.1. The van der Waals surface area contributed by atoms with Crippen LogP contribution in [0.4, 0.5) is 0 Å². The average Bonchev–Trinajstić information content (AvgIpc) is 3.41. The van der Waals surface area contributed by atoms with E-state index in [1.165, 1.54) is 24.6 Å². The van der Waals surface area contributed by atoms with Crippen molar-refractivity contribution in [2.45, 2.75) is 64.8 Å². The van der Waals surface area contributed by atoms with Crippen molar-refractivity contribution in [2.75, 3.05) is 6.61 Å². The van der Waals surface area contributed by atoms with Crippen LogP contribution >= 0.6 is 11.3 Å². The highest BCUT2D eigenvalue weighted by molar-refractivity contribution is 7.19. The van der Waals surface area contributed by atoms with Gasteiger partial charge < -0.3 is 23.7 Å². The minimum absolute atomic E-state index is 0.375. The fourth-order valence-corrected chi connectivity index (χ4v) is 6.33. The molecule has 12 nitrogen and oxygen atoms in total. The predicted molar refractivity (Wildman–Crippen MR) is 139 cm³/mol. The van der Waals surface area contributed by atoms with Crippen LogP contribution in [0.1, 0.15) is 44.4 Å². The molecule has 0 saturated carbocycles. The van der Waals surface area contributed by atoms with E-state index in [0.717, 1.165) is 46.9 Å². The highest BCUT2D eigenvalue weighted by atomic mass is 32.1. The number of esters is 4. The van der Waals surface area contributed by atoms with Gasteiger partial charge in [-0.05, 0) is 11.1 Å². The maximum Gasteiger partial charge on any atom is 0.303 e. The van der Waals surface area contributed by atoms with Crippen molar-refractivity contribution in [3.05, 3.63) is 51.4 Å². The lowest BCUT2D eigenvalue weighted by Crippen LogP contribution is -2.61. The first-order chi connectivity index (χ1) is 19.0. The van der Waals surface area contributed by atoms with Crippen molar-refractivity contribution in [3.8, 4) is 11.1 Å². The molecule has 1 aliphatic heterocycles. The highest BCUT2D eigenvalue weighted by Gasteiger charge is 2.53. The van der Waals surface area contributed by atoms with E-state index in [9.17, 15) is 24.0 Å². The lowest BCUT2D eigenvalue weighted by Gasteiger charge is -2.44. The molecule has 0 N–H and O–H groups in total. The fraction of sp³-hybridized carbons (Fsp3) is 0.407. The van der Waals surface area contributed by atoms with E-state index in [2.05, 4.69) is 4.98 Å². The second-order valence-electron chi connectivity index (χ2n) is 9.46. The van der Waals surface area contributed by atoms with E-state index in [1.807, 2.05) is 24.3 Å². The Labute approximate surface area is 231 Å². The lowest BCUT2D eigenvalue weighted by molar-refractivity contribution is -0.269. The third-order valence-corrected chi connectivity index (χ3v) is 7.69. The van der Waals surface area contributed by atoms with Crippen molar-refractivity contribution in [2.24, 2.45) is 0 Å². The molecule has 3 heterocycles. The summed E-state index contributed by atoms with van der Waals surface area (Å²) in [6.07, 6.45) is -4.78. The molecule has 13 heteroatoms. The molecule has 1 aromatic carbocycles. The van der Waals surface area contributed by atoms with E-state index >= 15 is 0 Å². The Hall–Kier alpha value is -4.10. The monoisotopic (exact) mass is 570 g/mol. The first kappa shape index (κ1) is 27.5. The molecule has 2 aromatic heterocycles. The topological polar surface area (TPSA) is 149 Å². The second kappa shape index (κ2) is 10.8. The summed E-state index contributed by atoms with van der Waals surface area (Å²) in [5.74, 6) is -2.91. The van der Waals surface area contributed by atoms with Crippen LogP contribution in [0.2, 0.25) is 0 Å². The Bertz CT molecular complexity index is 1580. The maximum atomic E-state index is 14.1. The summed E-state index contributed by atoms with van der Waals surface area (Å²) < 4.78 is 28.9. The molecule has 0 bridgehead atoms. The first-order valence-electron chi connectivity index (χ1n) is 12.5. The highest BCUT2D eigenvalue weighted by Crippen LogP contribution is 2.45. The van der Waals surface area contributed by atoms with Gasteiger partial charge in [0.15, 0.2) is 24.5 Å². The van der Waals surface area contributed by atoms with Crippen molar-refractivity contribution >= 4 is 45.4 Å². The van der Waals surface area contributed by atoms with Crippen LogP contribution in [-0.2, 0) is 49.3 Å². The Balaban J connectivity index is 1.66. The number of carbonyl (C=O) groups excluding carboxylic acids is 4. The zero-order valence-corrected chi connectivity index (χ0v) is 22.9. The average molecular weight is 571 g/mol. The van der Waals surface area contributed by atoms with E-state index < -0.39 is 66.7 Å². The molecule has 40 heavy (non-hydrogen) atoms.